The van der Waals surface area contributed by atoms with E-state index in [-0.39, 0.29) is 18.9 Å². The van der Waals surface area contributed by atoms with Crippen molar-refractivity contribution in [2.45, 2.75) is 38.6 Å². The second-order valence-corrected chi connectivity index (χ2v) is 3.24. The lowest BCUT2D eigenvalue weighted by Crippen LogP contribution is -2.56. The zero-order chi connectivity index (χ0) is 11.2. The van der Waals surface area contributed by atoms with Gasteiger partial charge in [0, 0.05) is 13.0 Å². The maximum absolute atomic E-state index is 11.3. The molecular weight excluding hydrogens is 182 g/mol. The van der Waals surface area contributed by atoms with Gasteiger partial charge in [-0.15, -0.1) is 0 Å². The molecule has 0 rings (SSSR count). The molecule has 14 heavy (non-hydrogen) atoms. The monoisotopic (exact) mass is 201 g/mol. The lowest BCUT2D eigenvalue weighted by atomic mass is 9.92. The van der Waals surface area contributed by atoms with Crippen LogP contribution in [-0.2, 0) is 9.59 Å². The van der Waals surface area contributed by atoms with E-state index in [4.69, 9.17) is 11.5 Å². The van der Waals surface area contributed by atoms with Gasteiger partial charge in [-0.3, -0.25) is 9.59 Å². The molecule has 0 saturated heterocycles. The van der Waals surface area contributed by atoms with E-state index < -0.39 is 11.4 Å². The highest BCUT2D eigenvalue weighted by Crippen LogP contribution is 2.14. The van der Waals surface area contributed by atoms with Crippen molar-refractivity contribution in [3.8, 4) is 0 Å². The number of primary amides is 1. The fourth-order valence-electron chi connectivity index (χ4n) is 1.30. The molecule has 0 aromatic heterocycles. The van der Waals surface area contributed by atoms with Gasteiger partial charge in [0.05, 0.1) is 0 Å². The number of nitrogens with one attached hydrogen (secondary N) is 1. The fraction of sp³-hybridized carbons (Fsp3) is 0.778. The first-order valence-corrected chi connectivity index (χ1v) is 4.83. The van der Waals surface area contributed by atoms with E-state index in [1.807, 2.05) is 13.8 Å². The van der Waals surface area contributed by atoms with Gasteiger partial charge in [0.25, 0.3) is 0 Å². The molecule has 0 aromatic carbocycles. The number of carbonyl (C=O) groups is 2. The Morgan fingerprint density at radius 3 is 2.07 bits per heavy atom. The maximum Gasteiger partial charge on any atom is 0.243 e. The SMILES string of the molecule is CCC(CC)(NC(=O)CCN)C(N)=O. The van der Waals surface area contributed by atoms with E-state index in [2.05, 4.69) is 5.32 Å². The lowest BCUT2D eigenvalue weighted by molar-refractivity contribution is -0.131. The molecule has 0 heterocycles. The standard InChI is InChI=1S/C9H19N3O2/c1-3-9(4-2,8(11)14)12-7(13)5-6-10/h3-6,10H2,1-2H3,(H2,11,14)(H,12,13). The highest BCUT2D eigenvalue weighted by atomic mass is 16.2. The molecule has 0 aliphatic heterocycles. The summed E-state index contributed by atoms with van der Waals surface area (Å²) >= 11 is 0. The molecule has 0 saturated carbocycles. The van der Waals surface area contributed by atoms with Crippen LogP contribution in [0, 0.1) is 0 Å². The van der Waals surface area contributed by atoms with Gasteiger partial charge >= 0.3 is 0 Å². The first-order chi connectivity index (χ1) is 6.52. The first-order valence-electron chi connectivity index (χ1n) is 4.83. The van der Waals surface area contributed by atoms with Gasteiger partial charge in [-0.05, 0) is 12.8 Å². The minimum atomic E-state index is -0.910. The van der Waals surface area contributed by atoms with Gasteiger partial charge in [-0.1, -0.05) is 13.8 Å². The molecule has 2 amide bonds. The van der Waals surface area contributed by atoms with Crippen LogP contribution < -0.4 is 16.8 Å². The largest absolute Gasteiger partial charge is 0.368 e. The topological polar surface area (TPSA) is 98.2 Å². The summed E-state index contributed by atoms with van der Waals surface area (Å²) in [5, 5.41) is 2.64. The van der Waals surface area contributed by atoms with Crippen LogP contribution in [0.15, 0.2) is 0 Å². The van der Waals surface area contributed by atoms with Crippen LogP contribution in [0.3, 0.4) is 0 Å². The normalized spacial score (nSPS) is 11.1. The van der Waals surface area contributed by atoms with Gasteiger partial charge in [0.1, 0.15) is 5.54 Å². The van der Waals surface area contributed by atoms with Gasteiger partial charge in [0.2, 0.25) is 11.8 Å². The highest BCUT2D eigenvalue weighted by Gasteiger charge is 2.33. The summed E-state index contributed by atoms with van der Waals surface area (Å²) in [6.45, 7) is 3.90. The van der Waals surface area contributed by atoms with Crippen molar-refractivity contribution in [3.63, 3.8) is 0 Å². The molecule has 5 heteroatoms. The molecule has 0 atom stereocenters. The Hall–Kier alpha value is -1.10. The minimum Gasteiger partial charge on any atom is -0.368 e. The smallest absolute Gasteiger partial charge is 0.243 e. The average Bonchev–Trinajstić information content (AvgIpc) is 2.14. The summed E-state index contributed by atoms with van der Waals surface area (Å²) in [5.41, 5.74) is 9.57. The summed E-state index contributed by atoms with van der Waals surface area (Å²) in [6, 6.07) is 0. The molecule has 82 valence electrons. The van der Waals surface area contributed by atoms with E-state index in [1.54, 1.807) is 0 Å². The molecule has 0 fully saturated rings. The summed E-state index contributed by atoms with van der Waals surface area (Å²) in [4.78, 5) is 22.5. The molecule has 5 N–H and O–H groups in total. The van der Waals surface area contributed by atoms with Gasteiger partial charge < -0.3 is 16.8 Å². The third-order valence-corrected chi connectivity index (χ3v) is 2.43. The van der Waals surface area contributed by atoms with Crippen LogP contribution in [0.1, 0.15) is 33.1 Å². The molecule has 0 bridgehead atoms. The van der Waals surface area contributed by atoms with Crippen LogP contribution in [0.25, 0.3) is 0 Å². The van der Waals surface area contributed by atoms with Gasteiger partial charge in [-0.2, -0.15) is 0 Å². The van der Waals surface area contributed by atoms with Crippen molar-refractivity contribution in [2.24, 2.45) is 11.5 Å². The van der Waals surface area contributed by atoms with Crippen molar-refractivity contribution in [1.82, 2.24) is 5.32 Å². The summed E-state index contributed by atoms with van der Waals surface area (Å²) < 4.78 is 0. The predicted octanol–water partition coefficient (Wildman–Crippen LogP) is -0.504. The molecule has 5 nitrogen and oxygen atoms in total. The Kier molecular flexibility index (Phi) is 5.15. The number of hydrogen-bond donors (Lipinski definition) is 3. The number of amides is 2. The number of nitrogens with two attached hydrogens (primary N) is 2. The molecule has 0 unspecified atom stereocenters. The number of carbonyl (C=O) groups excluding carboxylic acids is 2. The lowest BCUT2D eigenvalue weighted by Gasteiger charge is -2.29. The van der Waals surface area contributed by atoms with E-state index in [9.17, 15) is 9.59 Å². The van der Waals surface area contributed by atoms with Crippen LogP contribution in [0.5, 0.6) is 0 Å². The fourth-order valence-corrected chi connectivity index (χ4v) is 1.30. The molecular formula is C9H19N3O2. The Morgan fingerprint density at radius 1 is 1.29 bits per heavy atom. The molecule has 0 aliphatic rings. The zero-order valence-electron chi connectivity index (χ0n) is 8.80. The molecule has 0 radical (unpaired) electrons. The number of rotatable bonds is 6. The van der Waals surface area contributed by atoms with Crippen molar-refractivity contribution >= 4 is 11.8 Å². The second-order valence-electron chi connectivity index (χ2n) is 3.24. The van der Waals surface area contributed by atoms with Crippen LogP contribution in [-0.4, -0.2) is 23.9 Å². The average molecular weight is 201 g/mol. The minimum absolute atomic E-state index is 0.217. The van der Waals surface area contributed by atoms with Gasteiger partial charge in [-0.25, -0.2) is 0 Å². The molecule has 0 aromatic rings. The van der Waals surface area contributed by atoms with Crippen molar-refractivity contribution in [3.05, 3.63) is 0 Å². The maximum atomic E-state index is 11.3. The third kappa shape index (κ3) is 2.99. The van der Waals surface area contributed by atoms with Crippen molar-refractivity contribution in [2.75, 3.05) is 6.54 Å². The highest BCUT2D eigenvalue weighted by molar-refractivity contribution is 5.90. The van der Waals surface area contributed by atoms with Crippen LogP contribution >= 0.6 is 0 Å². The Bertz CT molecular complexity index is 212. The Morgan fingerprint density at radius 2 is 1.79 bits per heavy atom. The third-order valence-electron chi connectivity index (χ3n) is 2.43. The summed E-state index contributed by atoms with van der Waals surface area (Å²) in [5.74, 6) is -0.720. The van der Waals surface area contributed by atoms with Crippen LogP contribution in [0.4, 0.5) is 0 Å². The van der Waals surface area contributed by atoms with Crippen molar-refractivity contribution < 1.29 is 9.59 Å². The zero-order valence-corrected chi connectivity index (χ0v) is 8.80. The van der Waals surface area contributed by atoms with Crippen LogP contribution in [0.2, 0.25) is 0 Å². The molecule has 0 spiro atoms. The second kappa shape index (κ2) is 5.59. The Balaban J connectivity index is 4.51. The van der Waals surface area contributed by atoms with E-state index >= 15 is 0 Å². The first kappa shape index (κ1) is 12.9. The van der Waals surface area contributed by atoms with Crippen molar-refractivity contribution in [1.29, 1.82) is 0 Å². The Labute approximate surface area is 84.2 Å². The van der Waals surface area contributed by atoms with E-state index in [0.29, 0.717) is 12.8 Å². The quantitative estimate of drug-likeness (QED) is 0.540. The number of hydrogen-bond acceptors (Lipinski definition) is 3. The van der Waals surface area contributed by atoms with E-state index in [0.717, 1.165) is 0 Å². The summed E-state index contributed by atoms with van der Waals surface area (Å²) in [7, 11) is 0. The summed E-state index contributed by atoms with van der Waals surface area (Å²) in [6.07, 6.45) is 1.21. The van der Waals surface area contributed by atoms with Gasteiger partial charge in [0.15, 0.2) is 0 Å². The van der Waals surface area contributed by atoms with E-state index in [1.165, 1.54) is 0 Å². The predicted molar refractivity (Wildman–Crippen MR) is 54.3 cm³/mol. The molecule has 0 aliphatic carbocycles.